The molecule has 0 saturated heterocycles. The number of anilines is 1. The van der Waals surface area contributed by atoms with Gasteiger partial charge >= 0.3 is 0 Å². The second kappa shape index (κ2) is 3.50. The lowest BCUT2D eigenvalue weighted by atomic mass is 10.2. The zero-order valence-corrected chi connectivity index (χ0v) is 7.07. The molecule has 0 aromatic carbocycles. The van der Waals surface area contributed by atoms with E-state index in [4.69, 9.17) is 5.73 Å². The van der Waals surface area contributed by atoms with Crippen molar-refractivity contribution in [3.8, 4) is 0 Å². The molecule has 0 unspecified atom stereocenters. The van der Waals surface area contributed by atoms with Crippen LogP contribution in [-0.2, 0) is 0 Å². The summed E-state index contributed by atoms with van der Waals surface area (Å²) in [5.74, 6) is 0.0475. The molecule has 3 nitrogen and oxygen atoms in total. The van der Waals surface area contributed by atoms with E-state index < -0.39 is 0 Å². The van der Waals surface area contributed by atoms with E-state index in [1.165, 1.54) is 11.3 Å². The van der Waals surface area contributed by atoms with E-state index in [1.54, 1.807) is 13.1 Å². The smallest absolute Gasteiger partial charge is 0.179 e. The fraction of sp³-hybridized carbons (Fsp3) is 0.286. The van der Waals surface area contributed by atoms with E-state index in [0.717, 1.165) is 0 Å². The van der Waals surface area contributed by atoms with Gasteiger partial charge in [-0.05, 0) is 18.5 Å². The maximum atomic E-state index is 11.2. The number of likely N-dealkylation sites (N-methyl/N-ethyl adjacent to an activating group) is 1. The number of hydrogen-bond acceptors (Lipinski definition) is 4. The van der Waals surface area contributed by atoms with Gasteiger partial charge in [0.15, 0.2) is 5.78 Å². The maximum Gasteiger partial charge on any atom is 0.179 e. The fourth-order valence-electron chi connectivity index (χ4n) is 0.807. The van der Waals surface area contributed by atoms with Crippen molar-refractivity contribution in [1.29, 1.82) is 0 Å². The maximum absolute atomic E-state index is 11.2. The lowest BCUT2D eigenvalue weighted by molar-refractivity contribution is 0.0995. The first-order chi connectivity index (χ1) is 5.25. The molecule has 0 radical (unpaired) electrons. The highest BCUT2D eigenvalue weighted by atomic mass is 32.1. The van der Waals surface area contributed by atoms with Crippen LogP contribution in [0.15, 0.2) is 11.4 Å². The van der Waals surface area contributed by atoms with Crippen LogP contribution in [0.2, 0.25) is 0 Å². The molecule has 3 N–H and O–H groups in total. The van der Waals surface area contributed by atoms with Gasteiger partial charge in [-0.15, -0.1) is 11.3 Å². The molecule has 0 spiro atoms. The Morgan fingerprint density at radius 2 is 2.55 bits per heavy atom. The summed E-state index contributed by atoms with van der Waals surface area (Å²) in [4.78, 5) is 11.2. The molecule has 1 heterocycles. The molecule has 0 fully saturated rings. The standard InChI is InChI=1S/C7H10N2OS/c1-9-4-6(10)5-2-3-11-7(5)8/h2-3,9H,4,8H2,1H3. The highest BCUT2D eigenvalue weighted by molar-refractivity contribution is 7.14. The number of thiophene rings is 1. The first-order valence-electron chi connectivity index (χ1n) is 3.26. The van der Waals surface area contributed by atoms with Gasteiger partial charge in [-0.1, -0.05) is 0 Å². The van der Waals surface area contributed by atoms with Gasteiger partial charge in [0, 0.05) is 0 Å². The van der Waals surface area contributed by atoms with Crippen LogP contribution >= 0.6 is 11.3 Å². The van der Waals surface area contributed by atoms with Gasteiger partial charge in [0.2, 0.25) is 0 Å². The molecular formula is C7H10N2OS. The van der Waals surface area contributed by atoms with Crippen molar-refractivity contribution in [3.63, 3.8) is 0 Å². The lowest BCUT2D eigenvalue weighted by Crippen LogP contribution is -2.18. The lowest BCUT2D eigenvalue weighted by Gasteiger charge is -1.96. The zero-order chi connectivity index (χ0) is 8.27. The normalized spacial score (nSPS) is 9.91. The number of rotatable bonds is 3. The number of carbonyl (C=O) groups is 1. The minimum Gasteiger partial charge on any atom is -0.390 e. The number of ketones is 1. The van der Waals surface area contributed by atoms with Crippen molar-refractivity contribution in [3.05, 3.63) is 17.0 Å². The average Bonchev–Trinajstić information content (AvgIpc) is 2.36. The molecule has 0 bridgehead atoms. The highest BCUT2D eigenvalue weighted by Crippen LogP contribution is 2.18. The highest BCUT2D eigenvalue weighted by Gasteiger charge is 2.08. The number of carbonyl (C=O) groups excluding carboxylic acids is 1. The van der Waals surface area contributed by atoms with Gasteiger partial charge in [-0.2, -0.15) is 0 Å². The summed E-state index contributed by atoms with van der Waals surface area (Å²) in [6, 6.07) is 1.75. The molecule has 0 amide bonds. The molecule has 0 atom stereocenters. The first kappa shape index (κ1) is 8.23. The molecule has 4 heteroatoms. The van der Waals surface area contributed by atoms with E-state index in [0.29, 0.717) is 17.1 Å². The van der Waals surface area contributed by atoms with Crippen LogP contribution in [-0.4, -0.2) is 19.4 Å². The molecule has 0 aliphatic carbocycles. The van der Waals surface area contributed by atoms with Crippen molar-refractivity contribution < 1.29 is 4.79 Å². The van der Waals surface area contributed by atoms with Gasteiger partial charge in [-0.3, -0.25) is 4.79 Å². The minimum atomic E-state index is 0.0475. The topological polar surface area (TPSA) is 55.1 Å². The van der Waals surface area contributed by atoms with Crippen molar-refractivity contribution in [2.45, 2.75) is 0 Å². The Balaban J connectivity index is 2.76. The van der Waals surface area contributed by atoms with Crippen molar-refractivity contribution >= 4 is 22.1 Å². The number of nitrogen functional groups attached to an aromatic ring is 1. The predicted molar refractivity (Wildman–Crippen MR) is 47.0 cm³/mol. The van der Waals surface area contributed by atoms with E-state index >= 15 is 0 Å². The van der Waals surface area contributed by atoms with E-state index in [-0.39, 0.29) is 5.78 Å². The summed E-state index contributed by atoms with van der Waals surface area (Å²) in [5.41, 5.74) is 6.17. The van der Waals surface area contributed by atoms with Gasteiger partial charge < -0.3 is 11.1 Å². The molecule has 0 aliphatic rings. The quantitative estimate of drug-likeness (QED) is 0.658. The Kier molecular flexibility index (Phi) is 2.62. The minimum absolute atomic E-state index is 0.0475. The largest absolute Gasteiger partial charge is 0.390 e. The summed E-state index contributed by atoms with van der Waals surface area (Å²) in [5, 5.41) is 5.20. The first-order valence-corrected chi connectivity index (χ1v) is 4.14. The monoisotopic (exact) mass is 170 g/mol. The second-order valence-electron chi connectivity index (χ2n) is 2.15. The van der Waals surface area contributed by atoms with Crippen LogP contribution in [0.1, 0.15) is 10.4 Å². The molecule has 1 aromatic rings. The Labute approximate surface area is 69.2 Å². The summed E-state index contributed by atoms with van der Waals surface area (Å²) < 4.78 is 0. The summed E-state index contributed by atoms with van der Waals surface area (Å²) in [6.07, 6.45) is 0. The third kappa shape index (κ3) is 1.78. The van der Waals surface area contributed by atoms with Crippen LogP contribution < -0.4 is 11.1 Å². The van der Waals surface area contributed by atoms with Gasteiger partial charge in [0.25, 0.3) is 0 Å². The number of hydrogen-bond donors (Lipinski definition) is 2. The molecule has 1 rings (SSSR count). The van der Waals surface area contributed by atoms with Crippen LogP contribution in [0.25, 0.3) is 0 Å². The van der Waals surface area contributed by atoms with Crippen LogP contribution in [0, 0.1) is 0 Å². The molecule has 0 aliphatic heterocycles. The van der Waals surface area contributed by atoms with Crippen molar-refractivity contribution in [2.75, 3.05) is 19.3 Å². The Morgan fingerprint density at radius 1 is 1.82 bits per heavy atom. The van der Waals surface area contributed by atoms with Gasteiger partial charge in [0.1, 0.15) is 0 Å². The van der Waals surface area contributed by atoms with Gasteiger partial charge in [-0.25, -0.2) is 0 Å². The van der Waals surface area contributed by atoms with E-state index in [9.17, 15) is 4.79 Å². The van der Waals surface area contributed by atoms with Crippen molar-refractivity contribution in [2.24, 2.45) is 0 Å². The molecule has 0 saturated carbocycles. The molecule has 60 valence electrons. The molecule has 1 aromatic heterocycles. The average molecular weight is 170 g/mol. The third-order valence-electron chi connectivity index (χ3n) is 1.33. The predicted octanol–water partition coefficient (Wildman–Crippen LogP) is 0.732. The zero-order valence-electron chi connectivity index (χ0n) is 6.26. The molecule has 11 heavy (non-hydrogen) atoms. The summed E-state index contributed by atoms with van der Waals surface area (Å²) in [7, 11) is 1.74. The Bertz CT molecular complexity index is 257. The summed E-state index contributed by atoms with van der Waals surface area (Å²) >= 11 is 1.39. The van der Waals surface area contributed by atoms with E-state index in [1.807, 2.05) is 5.38 Å². The third-order valence-corrected chi connectivity index (χ3v) is 2.08. The Hall–Kier alpha value is -0.870. The number of Topliss-reactive ketones (excluding diaryl/α,β-unsaturated/α-hetero) is 1. The van der Waals surface area contributed by atoms with Crippen LogP contribution in [0.4, 0.5) is 5.00 Å². The van der Waals surface area contributed by atoms with Crippen LogP contribution in [0.5, 0.6) is 0 Å². The van der Waals surface area contributed by atoms with Crippen molar-refractivity contribution in [1.82, 2.24) is 5.32 Å². The fourth-order valence-corrected chi connectivity index (χ4v) is 1.47. The molecular weight excluding hydrogens is 160 g/mol. The Morgan fingerprint density at radius 3 is 3.00 bits per heavy atom. The van der Waals surface area contributed by atoms with E-state index in [2.05, 4.69) is 5.32 Å². The number of nitrogens with one attached hydrogen (secondary N) is 1. The van der Waals surface area contributed by atoms with Gasteiger partial charge in [0.05, 0.1) is 17.1 Å². The second-order valence-corrected chi connectivity index (χ2v) is 3.10. The summed E-state index contributed by atoms with van der Waals surface area (Å²) in [6.45, 7) is 0.348. The SMILES string of the molecule is CNCC(=O)c1ccsc1N. The number of nitrogens with two attached hydrogens (primary N) is 1. The van der Waals surface area contributed by atoms with Crippen LogP contribution in [0.3, 0.4) is 0 Å².